The van der Waals surface area contributed by atoms with Gasteiger partial charge in [0.2, 0.25) is 11.8 Å². The molecule has 2 aliphatic rings. The summed E-state index contributed by atoms with van der Waals surface area (Å²) in [6.45, 7) is 9.65. The third-order valence-electron chi connectivity index (χ3n) is 8.61. The molecule has 2 aromatic carbocycles. The van der Waals surface area contributed by atoms with Crippen molar-refractivity contribution in [1.29, 1.82) is 0 Å². The van der Waals surface area contributed by atoms with Crippen molar-refractivity contribution in [2.75, 3.05) is 26.3 Å². The molecule has 0 aromatic heterocycles. The summed E-state index contributed by atoms with van der Waals surface area (Å²) >= 11 is 0. The molecule has 246 valence electrons. The SMILES string of the molecule is C=CCC[C@H](NC(=O)OCC1c2ccccc2-c2ccccc21)C(=O)O[C@@H](C)CNC(=O)[C@@H](CC=C)CC(=O)N1CCC[C@H]1CO. The van der Waals surface area contributed by atoms with E-state index in [-0.39, 0.29) is 56.4 Å². The monoisotopic (exact) mass is 631 g/mol. The number of nitrogens with one attached hydrogen (secondary N) is 2. The van der Waals surface area contributed by atoms with Gasteiger partial charge < -0.3 is 30.1 Å². The van der Waals surface area contributed by atoms with Gasteiger partial charge in [-0.1, -0.05) is 60.7 Å². The summed E-state index contributed by atoms with van der Waals surface area (Å²) in [7, 11) is 0. The number of hydrogen-bond donors (Lipinski definition) is 3. The van der Waals surface area contributed by atoms with Crippen LogP contribution in [0.5, 0.6) is 0 Å². The molecule has 4 atom stereocenters. The van der Waals surface area contributed by atoms with E-state index in [0.29, 0.717) is 19.4 Å². The summed E-state index contributed by atoms with van der Waals surface area (Å²) < 4.78 is 11.2. The molecule has 46 heavy (non-hydrogen) atoms. The highest BCUT2D eigenvalue weighted by molar-refractivity contribution is 5.86. The number of esters is 1. The Kier molecular flexibility index (Phi) is 12.5. The Labute approximate surface area is 270 Å². The molecule has 10 nitrogen and oxygen atoms in total. The van der Waals surface area contributed by atoms with Crippen LogP contribution in [0.2, 0.25) is 0 Å². The average molecular weight is 632 g/mol. The number of alkyl carbamates (subject to hydrolysis) is 1. The van der Waals surface area contributed by atoms with Crippen LogP contribution in [-0.2, 0) is 23.9 Å². The molecular weight excluding hydrogens is 586 g/mol. The van der Waals surface area contributed by atoms with Crippen LogP contribution in [-0.4, -0.2) is 78.4 Å². The first-order chi connectivity index (χ1) is 22.3. The Morgan fingerprint density at radius 1 is 1.04 bits per heavy atom. The van der Waals surface area contributed by atoms with Crippen LogP contribution < -0.4 is 10.6 Å². The summed E-state index contributed by atoms with van der Waals surface area (Å²) in [5, 5.41) is 15.0. The van der Waals surface area contributed by atoms with Gasteiger partial charge in [-0.15, -0.1) is 13.2 Å². The number of aliphatic hydroxyl groups excluding tert-OH is 1. The number of benzene rings is 2. The first-order valence-electron chi connectivity index (χ1n) is 16.0. The Hall–Kier alpha value is -4.44. The lowest BCUT2D eigenvalue weighted by molar-refractivity contribution is -0.151. The molecular formula is C36H45N3O7. The minimum absolute atomic E-state index is 0.00376. The highest BCUT2D eigenvalue weighted by Crippen LogP contribution is 2.44. The molecule has 4 rings (SSSR count). The van der Waals surface area contributed by atoms with E-state index < -0.39 is 30.1 Å². The Balaban J connectivity index is 1.28. The van der Waals surface area contributed by atoms with Crippen LogP contribution in [0, 0.1) is 5.92 Å². The quantitative estimate of drug-likeness (QED) is 0.184. The van der Waals surface area contributed by atoms with Gasteiger partial charge in [0.25, 0.3) is 0 Å². The molecule has 1 aliphatic heterocycles. The fourth-order valence-electron chi connectivity index (χ4n) is 6.19. The fraction of sp³-hybridized carbons (Fsp3) is 0.444. The predicted octanol–water partition coefficient (Wildman–Crippen LogP) is 4.47. The third-order valence-corrected chi connectivity index (χ3v) is 8.61. The van der Waals surface area contributed by atoms with Gasteiger partial charge >= 0.3 is 12.1 Å². The van der Waals surface area contributed by atoms with E-state index in [0.717, 1.165) is 35.1 Å². The second-order valence-corrected chi connectivity index (χ2v) is 11.9. The highest BCUT2D eigenvalue weighted by Gasteiger charge is 2.32. The van der Waals surface area contributed by atoms with E-state index in [1.165, 1.54) is 0 Å². The number of amides is 3. The second-order valence-electron chi connectivity index (χ2n) is 11.9. The number of likely N-dealkylation sites (tertiary alicyclic amines) is 1. The summed E-state index contributed by atoms with van der Waals surface area (Å²) in [6.07, 6.45) is 4.39. The van der Waals surface area contributed by atoms with E-state index in [4.69, 9.17) is 9.47 Å². The van der Waals surface area contributed by atoms with Crippen molar-refractivity contribution in [3.63, 3.8) is 0 Å². The van der Waals surface area contributed by atoms with Crippen molar-refractivity contribution in [2.24, 2.45) is 5.92 Å². The van der Waals surface area contributed by atoms with Gasteiger partial charge in [0.05, 0.1) is 25.1 Å². The van der Waals surface area contributed by atoms with Gasteiger partial charge in [-0.25, -0.2) is 9.59 Å². The number of hydrogen-bond acceptors (Lipinski definition) is 7. The van der Waals surface area contributed by atoms with E-state index in [1.807, 2.05) is 36.4 Å². The summed E-state index contributed by atoms with van der Waals surface area (Å²) in [5.74, 6) is -1.94. The number of rotatable bonds is 16. The van der Waals surface area contributed by atoms with Gasteiger partial charge in [0.15, 0.2) is 0 Å². The Morgan fingerprint density at radius 3 is 2.35 bits per heavy atom. The standard InChI is InChI=1S/C36H45N3O7/c1-4-6-18-32(38-36(44)45-23-31-29-16-9-7-14-27(29)28-15-8-10-17-30(28)31)35(43)46-24(3)21-37-34(42)25(12-5-2)20-33(41)39-19-11-13-26(39)22-40/h4-5,7-10,14-17,24-26,31-32,40H,1-2,6,11-13,18-23H2,3H3,(H,37,42)(H,38,44)/t24-,25-,26-,32-/m0/s1. The molecule has 0 spiro atoms. The van der Waals surface area contributed by atoms with Crippen molar-refractivity contribution in [2.45, 2.75) is 69.6 Å². The number of fused-ring (bicyclic) bond motifs is 3. The Bertz CT molecular complexity index is 1360. The van der Waals surface area contributed by atoms with E-state index in [9.17, 15) is 24.3 Å². The number of allylic oxidation sites excluding steroid dienone is 2. The first kappa shape index (κ1) is 34.4. The van der Waals surface area contributed by atoms with Gasteiger partial charge in [0.1, 0.15) is 18.8 Å². The predicted molar refractivity (Wildman–Crippen MR) is 175 cm³/mol. The van der Waals surface area contributed by atoms with Gasteiger partial charge in [-0.05, 0) is 61.3 Å². The summed E-state index contributed by atoms with van der Waals surface area (Å²) in [6, 6.07) is 14.9. The zero-order valence-corrected chi connectivity index (χ0v) is 26.5. The number of nitrogens with zero attached hydrogens (tertiary/aromatic N) is 1. The van der Waals surface area contributed by atoms with Gasteiger partial charge in [-0.2, -0.15) is 0 Å². The molecule has 0 unspecified atom stereocenters. The molecule has 1 fully saturated rings. The van der Waals surface area contributed by atoms with E-state index in [1.54, 1.807) is 24.0 Å². The van der Waals surface area contributed by atoms with Crippen molar-refractivity contribution < 1.29 is 33.8 Å². The van der Waals surface area contributed by atoms with Crippen molar-refractivity contribution in [3.05, 3.63) is 85.0 Å². The lowest BCUT2D eigenvalue weighted by Crippen LogP contribution is -2.45. The van der Waals surface area contributed by atoms with Crippen LogP contribution in [0.3, 0.4) is 0 Å². The normalized spacial score (nSPS) is 17.2. The number of carbonyl (C=O) groups excluding carboxylic acids is 4. The molecule has 1 heterocycles. The fourth-order valence-corrected chi connectivity index (χ4v) is 6.19. The van der Waals surface area contributed by atoms with Gasteiger partial charge in [-0.3, -0.25) is 9.59 Å². The number of aliphatic hydroxyl groups is 1. The van der Waals surface area contributed by atoms with Gasteiger partial charge in [0, 0.05) is 18.9 Å². The van der Waals surface area contributed by atoms with Crippen molar-refractivity contribution >= 4 is 23.9 Å². The molecule has 3 amide bonds. The van der Waals surface area contributed by atoms with Crippen LogP contribution in [0.4, 0.5) is 4.79 Å². The first-order valence-corrected chi connectivity index (χ1v) is 16.0. The van der Waals surface area contributed by atoms with Crippen LogP contribution >= 0.6 is 0 Å². The molecule has 10 heteroatoms. The van der Waals surface area contributed by atoms with Crippen LogP contribution in [0.15, 0.2) is 73.8 Å². The Morgan fingerprint density at radius 2 is 1.72 bits per heavy atom. The van der Waals surface area contributed by atoms with Crippen LogP contribution in [0.25, 0.3) is 11.1 Å². The molecule has 3 N–H and O–H groups in total. The van der Waals surface area contributed by atoms with Crippen molar-refractivity contribution in [3.8, 4) is 11.1 Å². The zero-order chi connectivity index (χ0) is 33.1. The van der Waals surface area contributed by atoms with Crippen LogP contribution in [0.1, 0.15) is 62.5 Å². The van der Waals surface area contributed by atoms with E-state index >= 15 is 0 Å². The average Bonchev–Trinajstić information content (AvgIpc) is 3.67. The third kappa shape index (κ3) is 8.63. The van der Waals surface area contributed by atoms with E-state index in [2.05, 4.69) is 35.9 Å². The lowest BCUT2D eigenvalue weighted by atomic mass is 9.98. The zero-order valence-electron chi connectivity index (χ0n) is 26.5. The second kappa shape index (κ2) is 16.7. The van der Waals surface area contributed by atoms with Crippen molar-refractivity contribution in [1.82, 2.24) is 15.5 Å². The molecule has 0 bridgehead atoms. The maximum absolute atomic E-state index is 13.1. The maximum Gasteiger partial charge on any atom is 0.407 e. The summed E-state index contributed by atoms with van der Waals surface area (Å²) in [4.78, 5) is 53.4. The number of carbonyl (C=O) groups is 4. The maximum atomic E-state index is 13.1. The largest absolute Gasteiger partial charge is 0.459 e. The summed E-state index contributed by atoms with van der Waals surface area (Å²) in [5.41, 5.74) is 4.40. The molecule has 1 aliphatic carbocycles. The molecule has 2 aromatic rings. The minimum atomic E-state index is -0.974. The molecule has 1 saturated heterocycles. The topological polar surface area (TPSA) is 134 Å². The molecule has 0 radical (unpaired) electrons. The molecule has 0 saturated carbocycles. The minimum Gasteiger partial charge on any atom is -0.459 e. The number of ether oxygens (including phenoxy) is 2. The smallest absolute Gasteiger partial charge is 0.407 e. The lowest BCUT2D eigenvalue weighted by Gasteiger charge is -2.25. The highest BCUT2D eigenvalue weighted by atomic mass is 16.6.